The van der Waals surface area contributed by atoms with Crippen LogP contribution in [0.2, 0.25) is 0 Å². The zero-order valence-corrected chi connectivity index (χ0v) is 12.1. The minimum Gasteiger partial charge on any atom is -0.468 e. The number of esters is 1. The van der Waals surface area contributed by atoms with Crippen molar-refractivity contribution in [1.29, 1.82) is 0 Å². The maximum Gasteiger partial charge on any atom is 0.327 e. The van der Waals surface area contributed by atoms with E-state index in [0.29, 0.717) is 0 Å². The van der Waals surface area contributed by atoms with E-state index in [9.17, 15) is 4.79 Å². The third-order valence-corrected chi connectivity index (χ3v) is 3.75. The minimum atomic E-state index is -0.370. The first kappa shape index (κ1) is 14.8. The molecule has 3 nitrogen and oxygen atoms in total. The summed E-state index contributed by atoms with van der Waals surface area (Å²) >= 11 is 0. The van der Waals surface area contributed by atoms with Gasteiger partial charge in [0.2, 0.25) is 0 Å². The van der Waals surface area contributed by atoms with E-state index in [1.165, 1.54) is 38.4 Å². The molecular formula is C17H23NO2. The van der Waals surface area contributed by atoms with Crippen LogP contribution in [0.3, 0.4) is 0 Å². The summed E-state index contributed by atoms with van der Waals surface area (Å²) in [5, 5.41) is 3.32. The maximum atomic E-state index is 11.9. The molecule has 1 aromatic rings. The molecule has 0 heterocycles. The van der Waals surface area contributed by atoms with Crippen molar-refractivity contribution >= 4 is 5.97 Å². The lowest BCUT2D eigenvalue weighted by atomic mass is 9.97. The lowest BCUT2D eigenvalue weighted by Crippen LogP contribution is -2.30. The van der Waals surface area contributed by atoms with Crippen LogP contribution in [0.4, 0.5) is 0 Å². The molecule has 1 aromatic carbocycles. The molecule has 0 aliphatic heterocycles. The van der Waals surface area contributed by atoms with Crippen molar-refractivity contribution in [2.45, 2.75) is 38.1 Å². The summed E-state index contributed by atoms with van der Waals surface area (Å²) in [7, 11) is 1.43. The van der Waals surface area contributed by atoms with Crippen LogP contribution in [0.25, 0.3) is 0 Å². The molecule has 0 radical (unpaired) electrons. The largest absolute Gasteiger partial charge is 0.468 e. The SMILES string of the molecule is COC(=O)C(NCCC1=CCCCC1)c1ccccc1. The van der Waals surface area contributed by atoms with Gasteiger partial charge in [0.05, 0.1) is 7.11 Å². The van der Waals surface area contributed by atoms with Gasteiger partial charge >= 0.3 is 5.97 Å². The highest BCUT2D eigenvalue weighted by atomic mass is 16.5. The average Bonchev–Trinajstić information content (AvgIpc) is 2.53. The summed E-state index contributed by atoms with van der Waals surface area (Å²) in [4.78, 5) is 11.9. The van der Waals surface area contributed by atoms with Crippen molar-refractivity contribution in [2.24, 2.45) is 0 Å². The number of methoxy groups -OCH3 is 1. The minimum absolute atomic E-state index is 0.228. The Balaban J connectivity index is 1.91. The quantitative estimate of drug-likeness (QED) is 0.638. The van der Waals surface area contributed by atoms with Gasteiger partial charge in [-0.1, -0.05) is 42.0 Å². The number of nitrogens with one attached hydrogen (secondary N) is 1. The van der Waals surface area contributed by atoms with Gasteiger partial charge in [-0.3, -0.25) is 0 Å². The van der Waals surface area contributed by atoms with Crippen molar-refractivity contribution in [1.82, 2.24) is 5.32 Å². The van der Waals surface area contributed by atoms with Crippen LogP contribution in [-0.2, 0) is 9.53 Å². The van der Waals surface area contributed by atoms with Crippen LogP contribution in [0, 0.1) is 0 Å². The normalized spacial score (nSPS) is 16.4. The van der Waals surface area contributed by atoms with Crippen molar-refractivity contribution in [2.75, 3.05) is 13.7 Å². The molecule has 0 saturated heterocycles. The van der Waals surface area contributed by atoms with Crippen LogP contribution >= 0.6 is 0 Å². The summed E-state index contributed by atoms with van der Waals surface area (Å²) in [6.45, 7) is 0.806. The molecule has 2 rings (SSSR count). The molecule has 20 heavy (non-hydrogen) atoms. The van der Waals surface area contributed by atoms with Gasteiger partial charge in [-0.15, -0.1) is 0 Å². The van der Waals surface area contributed by atoms with Gasteiger partial charge < -0.3 is 10.1 Å². The second kappa shape index (κ2) is 7.85. The van der Waals surface area contributed by atoms with E-state index >= 15 is 0 Å². The number of ether oxygens (including phenoxy) is 1. The number of benzene rings is 1. The first-order valence-corrected chi connectivity index (χ1v) is 7.35. The van der Waals surface area contributed by atoms with E-state index in [1.54, 1.807) is 0 Å². The summed E-state index contributed by atoms with van der Waals surface area (Å²) in [6, 6.07) is 9.37. The third-order valence-electron chi connectivity index (χ3n) is 3.75. The number of carbonyl (C=O) groups excluding carboxylic acids is 1. The molecule has 1 aliphatic carbocycles. The molecule has 1 atom stereocenters. The lowest BCUT2D eigenvalue weighted by molar-refractivity contribution is -0.143. The number of allylic oxidation sites excluding steroid dienone is 1. The Morgan fingerprint density at radius 1 is 1.30 bits per heavy atom. The third kappa shape index (κ3) is 4.20. The molecule has 0 spiro atoms. The van der Waals surface area contributed by atoms with E-state index in [0.717, 1.165) is 18.5 Å². The van der Waals surface area contributed by atoms with Crippen molar-refractivity contribution in [3.8, 4) is 0 Å². The van der Waals surface area contributed by atoms with E-state index < -0.39 is 0 Å². The van der Waals surface area contributed by atoms with Crippen LogP contribution in [0.1, 0.15) is 43.7 Å². The molecule has 0 fully saturated rings. The molecule has 0 amide bonds. The summed E-state index contributed by atoms with van der Waals surface area (Å²) in [5.74, 6) is -0.228. The molecule has 1 aliphatic rings. The lowest BCUT2D eigenvalue weighted by Gasteiger charge is -2.18. The van der Waals surface area contributed by atoms with Crippen LogP contribution in [0.15, 0.2) is 42.0 Å². The average molecular weight is 273 g/mol. The Morgan fingerprint density at radius 3 is 2.75 bits per heavy atom. The highest BCUT2D eigenvalue weighted by Crippen LogP contribution is 2.20. The monoisotopic (exact) mass is 273 g/mol. The van der Waals surface area contributed by atoms with E-state index in [4.69, 9.17) is 4.74 Å². The van der Waals surface area contributed by atoms with Gasteiger partial charge in [-0.2, -0.15) is 0 Å². The van der Waals surface area contributed by atoms with Gasteiger partial charge in [-0.05, 0) is 44.2 Å². The second-order valence-electron chi connectivity index (χ2n) is 5.18. The molecule has 1 N–H and O–H groups in total. The molecule has 0 bridgehead atoms. The number of rotatable bonds is 6. The molecule has 3 heteroatoms. The summed E-state index contributed by atoms with van der Waals surface area (Å²) in [5.41, 5.74) is 2.47. The first-order chi connectivity index (χ1) is 9.81. The van der Waals surface area contributed by atoms with Crippen molar-refractivity contribution in [3.63, 3.8) is 0 Å². The van der Waals surface area contributed by atoms with E-state index in [-0.39, 0.29) is 12.0 Å². The highest BCUT2D eigenvalue weighted by Gasteiger charge is 2.20. The van der Waals surface area contributed by atoms with Crippen molar-refractivity contribution < 1.29 is 9.53 Å². The Kier molecular flexibility index (Phi) is 5.81. The van der Waals surface area contributed by atoms with Crippen LogP contribution in [-0.4, -0.2) is 19.6 Å². The Hall–Kier alpha value is -1.61. The Labute approximate surface area is 121 Å². The number of hydrogen-bond donors (Lipinski definition) is 1. The number of hydrogen-bond acceptors (Lipinski definition) is 3. The predicted octanol–water partition coefficient (Wildman–Crippen LogP) is 3.38. The van der Waals surface area contributed by atoms with Gasteiger partial charge in [0.25, 0.3) is 0 Å². The van der Waals surface area contributed by atoms with Gasteiger partial charge in [0, 0.05) is 0 Å². The Morgan fingerprint density at radius 2 is 2.10 bits per heavy atom. The zero-order valence-electron chi connectivity index (χ0n) is 12.1. The molecule has 108 valence electrons. The predicted molar refractivity (Wildman–Crippen MR) is 80.4 cm³/mol. The fourth-order valence-corrected chi connectivity index (χ4v) is 2.61. The number of carbonyl (C=O) groups is 1. The molecular weight excluding hydrogens is 250 g/mol. The van der Waals surface area contributed by atoms with Crippen molar-refractivity contribution in [3.05, 3.63) is 47.5 Å². The second-order valence-corrected chi connectivity index (χ2v) is 5.18. The maximum absolute atomic E-state index is 11.9. The van der Waals surface area contributed by atoms with Gasteiger partial charge in [0.15, 0.2) is 0 Å². The smallest absolute Gasteiger partial charge is 0.327 e. The fraction of sp³-hybridized carbons (Fsp3) is 0.471. The molecule has 0 saturated carbocycles. The zero-order chi connectivity index (χ0) is 14.2. The fourth-order valence-electron chi connectivity index (χ4n) is 2.61. The summed E-state index contributed by atoms with van der Waals surface area (Å²) < 4.78 is 4.89. The molecule has 1 unspecified atom stereocenters. The highest BCUT2D eigenvalue weighted by molar-refractivity contribution is 5.77. The first-order valence-electron chi connectivity index (χ1n) is 7.35. The van der Waals surface area contributed by atoms with Crippen LogP contribution in [0.5, 0.6) is 0 Å². The summed E-state index contributed by atoms with van der Waals surface area (Å²) in [6.07, 6.45) is 8.38. The molecule has 0 aromatic heterocycles. The van der Waals surface area contributed by atoms with E-state index in [1.807, 2.05) is 30.3 Å². The van der Waals surface area contributed by atoms with Gasteiger partial charge in [-0.25, -0.2) is 4.79 Å². The van der Waals surface area contributed by atoms with Crippen LogP contribution < -0.4 is 5.32 Å². The Bertz CT molecular complexity index is 453. The topological polar surface area (TPSA) is 38.3 Å². The standard InChI is InChI=1S/C17H23NO2/c1-20-17(19)16(15-10-6-3-7-11-15)18-13-12-14-8-4-2-5-9-14/h3,6-8,10-11,16,18H,2,4-5,9,12-13H2,1H3. The van der Waals surface area contributed by atoms with Gasteiger partial charge in [0.1, 0.15) is 6.04 Å². The van der Waals surface area contributed by atoms with E-state index in [2.05, 4.69) is 11.4 Å².